The average Bonchev–Trinajstić information content (AvgIpc) is 2.63. The molecule has 0 radical (unpaired) electrons. The van der Waals surface area contributed by atoms with Crippen LogP contribution in [0.4, 0.5) is 14.5 Å². The van der Waals surface area contributed by atoms with Crippen LogP contribution in [0.15, 0.2) is 18.2 Å². The fourth-order valence-corrected chi connectivity index (χ4v) is 2.96. The van der Waals surface area contributed by atoms with Crippen molar-refractivity contribution in [2.45, 2.75) is 46.6 Å². The Labute approximate surface area is 163 Å². The van der Waals surface area contributed by atoms with Crippen molar-refractivity contribution in [3.63, 3.8) is 0 Å². The highest BCUT2D eigenvalue weighted by Crippen LogP contribution is 2.25. The first-order valence-corrected chi connectivity index (χ1v) is 9.25. The van der Waals surface area contributed by atoms with E-state index in [-0.39, 0.29) is 5.91 Å². The summed E-state index contributed by atoms with van der Waals surface area (Å²) in [5.74, 6) is -3.61. The van der Waals surface area contributed by atoms with Crippen LogP contribution in [-0.2, 0) is 19.1 Å². The Balaban J connectivity index is 1.87. The molecule has 1 aromatic rings. The number of ether oxygens (including phenoxy) is 1. The molecule has 1 N–H and O–H groups in total. The van der Waals surface area contributed by atoms with Crippen molar-refractivity contribution < 1.29 is 27.9 Å². The van der Waals surface area contributed by atoms with Crippen LogP contribution in [0, 0.1) is 23.0 Å². The molecule has 28 heavy (non-hydrogen) atoms. The summed E-state index contributed by atoms with van der Waals surface area (Å²) >= 11 is 0. The standard InChI is InChI=1S/C20H26F2N2O4/c1-12(17(25)23-16-14(21)6-5-7-15(16)22)28-18(26)13-8-10-24(11-9-13)19(27)20(2,3)4/h5-7,12-13H,8-11H2,1-4H3,(H,23,25)/t12-/m1/s1. The number of carbonyl (C=O) groups excluding carboxylic acids is 3. The molecule has 2 rings (SSSR count). The highest BCUT2D eigenvalue weighted by molar-refractivity contribution is 5.95. The van der Waals surface area contributed by atoms with Gasteiger partial charge < -0.3 is 15.0 Å². The van der Waals surface area contributed by atoms with Crippen molar-refractivity contribution in [3.8, 4) is 0 Å². The smallest absolute Gasteiger partial charge is 0.309 e. The maximum atomic E-state index is 13.6. The van der Waals surface area contributed by atoms with Gasteiger partial charge in [0.15, 0.2) is 6.10 Å². The summed E-state index contributed by atoms with van der Waals surface area (Å²) in [4.78, 5) is 38.4. The number of benzene rings is 1. The first-order chi connectivity index (χ1) is 13.0. The normalized spacial score (nSPS) is 16.4. The number of rotatable bonds is 4. The van der Waals surface area contributed by atoms with Crippen LogP contribution < -0.4 is 5.32 Å². The number of nitrogens with one attached hydrogen (secondary N) is 1. The number of carbonyl (C=O) groups is 3. The molecule has 1 aliphatic heterocycles. The van der Waals surface area contributed by atoms with E-state index in [1.165, 1.54) is 13.0 Å². The van der Waals surface area contributed by atoms with E-state index in [1.54, 1.807) is 4.90 Å². The summed E-state index contributed by atoms with van der Waals surface area (Å²) in [5.41, 5.74) is -1.06. The van der Waals surface area contributed by atoms with Crippen molar-refractivity contribution in [3.05, 3.63) is 29.8 Å². The molecule has 0 bridgehead atoms. The monoisotopic (exact) mass is 396 g/mol. The van der Waals surface area contributed by atoms with Crippen molar-refractivity contribution in [2.24, 2.45) is 11.3 Å². The Bertz CT molecular complexity index is 733. The summed E-state index contributed by atoms with van der Waals surface area (Å²) in [6.45, 7) is 7.75. The summed E-state index contributed by atoms with van der Waals surface area (Å²) in [7, 11) is 0. The van der Waals surface area contributed by atoms with Crippen molar-refractivity contribution in [2.75, 3.05) is 18.4 Å². The average molecular weight is 396 g/mol. The summed E-state index contributed by atoms with van der Waals surface area (Å²) in [5, 5.41) is 2.11. The molecule has 0 spiro atoms. The first kappa shape index (κ1) is 21.8. The Hall–Kier alpha value is -2.51. The van der Waals surface area contributed by atoms with Crippen molar-refractivity contribution in [1.82, 2.24) is 4.90 Å². The van der Waals surface area contributed by atoms with E-state index in [2.05, 4.69) is 5.32 Å². The molecular weight excluding hydrogens is 370 g/mol. The van der Waals surface area contributed by atoms with Gasteiger partial charge >= 0.3 is 5.97 Å². The Morgan fingerprint density at radius 3 is 2.18 bits per heavy atom. The number of esters is 1. The van der Waals surface area contributed by atoms with Gasteiger partial charge in [0.05, 0.1) is 5.92 Å². The molecule has 0 unspecified atom stereocenters. The van der Waals surface area contributed by atoms with Gasteiger partial charge in [0, 0.05) is 18.5 Å². The lowest BCUT2D eigenvalue weighted by Crippen LogP contribution is -2.45. The summed E-state index contributed by atoms with van der Waals surface area (Å²) in [6, 6.07) is 3.21. The topological polar surface area (TPSA) is 75.7 Å². The van der Waals surface area contributed by atoms with Crippen molar-refractivity contribution in [1.29, 1.82) is 0 Å². The lowest BCUT2D eigenvalue weighted by molar-refractivity contribution is -0.160. The van der Waals surface area contributed by atoms with Gasteiger partial charge in [0.1, 0.15) is 17.3 Å². The van der Waals surface area contributed by atoms with Gasteiger partial charge in [-0.2, -0.15) is 0 Å². The molecule has 154 valence electrons. The minimum absolute atomic E-state index is 0.0268. The van der Waals surface area contributed by atoms with E-state index in [0.29, 0.717) is 25.9 Å². The second-order valence-electron chi connectivity index (χ2n) is 7.98. The second-order valence-corrected chi connectivity index (χ2v) is 7.98. The molecule has 8 heteroatoms. The largest absolute Gasteiger partial charge is 0.452 e. The van der Waals surface area contributed by atoms with E-state index in [1.807, 2.05) is 20.8 Å². The third-order valence-corrected chi connectivity index (χ3v) is 4.63. The number of anilines is 1. The number of para-hydroxylation sites is 1. The minimum atomic E-state index is -1.21. The van der Waals surface area contributed by atoms with Gasteiger partial charge in [-0.15, -0.1) is 0 Å². The molecule has 0 aliphatic carbocycles. The number of nitrogens with zero attached hydrogens (tertiary/aromatic N) is 1. The lowest BCUT2D eigenvalue weighted by Gasteiger charge is -2.35. The van der Waals surface area contributed by atoms with Gasteiger partial charge in [-0.3, -0.25) is 14.4 Å². The van der Waals surface area contributed by atoms with Crippen molar-refractivity contribution >= 4 is 23.5 Å². The van der Waals surface area contributed by atoms with E-state index in [9.17, 15) is 23.2 Å². The number of hydrogen-bond acceptors (Lipinski definition) is 4. The van der Waals surface area contributed by atoms with Crippen LogP contribution in [0.3, 0.4) is 0 Å². The molecular formula is C20H26F2N2O4. The summed E-state index contributed by atoms with van der Waals surface area (Å²) < 4.78 is 32.4. The zero-order valence-corrected chi connectivity index (χ0v) is 16.6. The third-order valence-electron chi connectivity index (χ3n) is 4.63. The van der Waals surface area contributed by atoms with Crippen LogP contribution in [0.1, 0.15) is 40.5 Å². The SMILES string of the molecule is C[C@@H](OC(=O)C1CCN(C(=O)C(C)(C)C)CC1)C(=O)Nc1c(F)cccc1F. The number of piperidine rings is 1. The molecule has 1 aliphatic rings. The third kappa shape index (κ3) is 5.27. The predicted octanol–water partition coefficient (Wildman–Crippen LogP) is 3.12. The number of hydrogen-bond donors (Lipinski definition) is 1. The minimum Gasteiger partial charge on any atom is -0.452 e. The van der Waals surface area contributed by atoms with Crippen LogP contribution in [0.2, 0.25) is 0 Å². The van der Waals surface area contributed by atoms with Crippen LogP contribution in [0.5, 0.6) is 0 Å². The van der Waals surface area contributed by atoms with E-state index < -0.39 is 46.6 Å². The van der Waals surface area contributed by atoms with Crippen LogP contribution in [0.25, 0.3) is 0 Å². The molecule has 1 atom stereocenters. The fraction of sp³-hybridized carbons (Fsp3) is 0.550. The maximum Gasteiger partial charge on any atom is 0.309 e. The van der Waals surface area contributed by atoms with Gasteiger partial charge in [0.2, 0.25) is 5.91 Å². The fourth-order valence-electron chi connectivity index (χ4n) is 2.96. The quantitative estimate of drug-likeness (QED) is 0.794. The Morgan fingerprint density at radius 1 is 1.14 bits per heavy atom. The summed E-state index contributed by atoms with van der Waals surface area (Å²) in [6.07, 6.45) is -0.325. The predicted molar refractivity (Wildman–Crippen MR) is 99.3 cm³/mol. The van der Waals surface area contributed by atoms with Crippen LogP contribution >= 0.6 is 0 Å². The lowest BCUT2D eigenvalue weighted by atomic mass is 9.91. The number of likely N-dealkylation sites (tertiary alicyclic amines) is 1. The zero-order valence-electron chi connectivity index (χ0n) is 16.6. The maximum absolute atomic E-state index is 13.6. The first-order valence-electron chi connectivity index (χ1n) is 9.25. The van der Waals surface area contributed by atoms with E-state index >= 15 is 0 Å². The number of halogens is 2. The van der Waals surface area contributed by atoms with E-state index in [0.717, 1.165) is 12.1 Å². The molecule has 2 amide bonds. The van der Waals surface area contributed by atoms with E-state index in [4.69, 9.17) is 4.74 Å². The molecule has 0 saturated carbocycles. The number of amides is 2. The molecule has 1 saturated heterocycles. The molecule has 1 aromatic carbocycles. The highest BCUT2D eigenvalue weighted by atomic mass is 19.1. The Morgan fingerprint density at radius 2 is 1.68 bits per heavy atom. The highest BCUT2D eigenvalue weighted by Gasteiger charge is 2.34. The van der Waals surface area contributed by atoms with Gasteiger partial charge in [-0.05, 0) is 31.9 Å². The molecule has 0 aromatic heterocycles. The van der Waals surface area contributed by atoms with Crippen LogP contribution in [-0.4, -0.2) is 41.9 Å². The molecule has 6 nitrogen and oxygen atoms in total. The molecule has 1 heterocycles. The molecule has 1 fully saturated rings. The second kappa shape index (κ2) is 8.67. The van der Waals surface area contributed by atoms with Gasteiger partial charge in [0.25, 0.3) is 5.91 Å². The zero-order chi connectivity index (χ0) is 21.1. The Kier molecular flexibility index (Phi) is 6.74. The van der Waals surface area contributed by atoms with Gasteiger partial charge in [-0.25, -0.2) is 8.78 Å². The van der Waals surface area contributed by atoms with Gasteiger partial charge in [-0.1, -0.05) is 26.8 Å².